The summed E-state index contributed by atoms with van der Waals surface area (Å²) in [6.07, 6.45) is -4.93. The lowest BCUT2D eigenvalue weighted by Crippen LogP contribution is -2.44. The molecule has 0 aromatic heterocycles. The van der Waals surface area contributed by atoms with Gasteiger partial charge in [0.2, 0.25) is 0 Å². The Labute approximate surface area is 103 Å². The van der Waals surface area contributed by atoms with Gasteiger partial charge in [-0.2, -0.15) is 13.2 Å². The second-order valence-electron chi connectivity index (χ2n) is 3.88. The van der Waals surface area contributed by atoms with Crippen LogP contribution in [0.5, 0.6) is 0 Å². The van der Waals surface area contributed by atoms with Gasteiger partial charge >= 0.3 is 12.1 Å². The molecule has 100 valence electrons. The fourth-order valence-corrected chi connectivity index (χ4v) is 1.51. The van der Waals surface area contributed by atoms with Crippen LogP contribution < -0.4 is 5.32 Å². The van der Waals surface area contributed by atoms with Gasteiger partial charge in [-0.15, -0.1) is 0 Å². The maximum absolute atomic E-state index is 12.7. The summed E-state index contributed by atoms with van der Waals surface area (Å²) >= 11 is 0. The van der Waals surface area contributed by atoms with Crippen molar-refractivity contribution in [2.75, 3.05) is 6.54 Å². The van der Waals surface area contributed by atoms with E-state index in [2.05, 4.69) is 5.32 Å². The molecular formula is C12H14F3NO2. The summed E-state index contributed by atoms with van der Waals surface area (Å²) < 4.78 is 38.2. The summed E-state index contributed by atoms with van der Waals surface area (Å²) in [5.41, 5.74) is 0.558. The highest BCUT2D eigenvalue weighted by Gasteiger charge is 2.39. The summed E-state index contributed by atoms with van der Waals surface area (Å²) in [4.78, 5) is 10.3. The first-order valence-electron chi connectivity index (χ1n) is 5.45. The van der Waals surface area contributed by atoms with Gasteiger partial charge in [0.1, 0.15) is 6.04 Å². The van der Waals surface area contributed by atoms with Gasteiger partial charge < -0.3 is 10.4 Å². The molecule has 0 unspecified atom stereocenters. The smallest absolute Gasteiger partial charge is 0.404 e. The van der Waals surface area contributed by atoms with Crippen LogP contribution in [-0.2, 0) is 11.2 Å². The fraction of sp³-hybridized carbons (Fsp3) is 0.417. The number of aliphatic carboxylic acids is 1. The number of alkyl halides is 3. The van der Waals surface area contributed by atoms with Crippen molar-refractivity contribution in [1.82, 2.24) is 5.32 Å². The fourth-order valence-electron chi connectivity index (χ4n) is 1.51. The number of hydrogen-bond acceptors (Lipinski definition) is 2. The quantitative estimate of drug-likeness (QED) is 0.825. The van der Waals surface area contributed by atoms with Gasteiger partial charge in [0, 0.05) is 6.54 Å². The van der Waals surface area contributed by atoms with Crippen molar-refractivity contribution >= 4 is 5.97 Å². The molecule has 1 aromatic carbocycles. The van der Waals surface area contributed by atoms with Crippen LogP contribution in [0.4, 0.5) is 13.2 Å². The Kier molecular flexibility index (Phi) is 5.15. The van der Waals surface area contributed by atoms with E-state index in [9.17, 15) is 18.0 Å². The average Bonchev–Trinajstić information content (AvgIpc) is 2.27. The third kappa shape index (κ3) is 5.18. The van der Waals surface area contributed by atoms with E-state index in [1.807, 2.05) is 0 Å². The lowest BCUT2D eigenvalue weighted by molar-refractivity contribution is -0.156. The normalized spacial score (nSPS) is 13.3. The molecule has 18 heavy (non-hydrogen) atoms. The monoisotopic (exact) mass is 261 g/mol. The number of benzene rings is 1. The minimum absolute atomic E-state index is 0.202. The maximum Gasteiger partial charge on any atom is 0.404 e. The summed E-state index contributed by atoms with van der Waals surface area (Å²) in [6.45, 7) is -0.202. The van der Waals surface area contributed by atoms with Gasteiger partial charge in [-0.05, 0) is 12.0 Å². The van der Waals surface area contributed by atoms with Crippen molar-refractivity contribution in [2.24, 2.45) is 0 Å². The molecule has 0 aliphatic carbocycles. The molecule has 3 nitrogen and oxygen atoms in total. The van der Waals surface area contributed by atoms with Gasteiger partial charge in [-0.3, -0.25) is 4.79 Å². The SMILES string of the molecule is O=C(O)CCN[C@@H](Cc1ccccc1)C(F)(F)F. The van der Waals surface area contributed by atoms with E-state index in [1.165, 1.54) is 0 Å². The first kappa shape index (κ1) is 14.5. The zero-order valence-corrected chi connectivity index (χ0v) is 9.57. The molecule has 1 atom stereocenters. The minimum atomic E-state index is -4.39. The Morgan fingerprint density at radius 2 is 1.89 bits per heavy atom. The number of hydrogen-bond donors (Lipinski definition) is 2. The van der Waals surface area contributed by atoms with E-state index in [4.69, 9.17) is 5.11 Å². The number of carbonyl (C=O) groups is 1. The summed E-state index contributed by atoms with van der Waals surface area (Å²) in [5, 5.41) is 10.6. The van der Waals surface area contributed by atoms with Gasteiger partial charge in [-0.1, -0.05) is 30.3 Å². The molecule has 0 heterocycles. The van der Waals surface area contributed by atoms with Crippen molar-refractivity contribution in [3.8, 4) is 0 Å². The molecule has 6 heteroatoms. The lowest BCUT2D eigenvalue weighted by Gasteiger charge is -2.21. The van der Waals surface area contributed by atoms with Crippen LogP contribution in [0, 0.1) is 0 Å². The third-order valence-corrected chi connectivity index (χ3v) is 2.41. The highest BCUT2D eigenvalue weighted by atomic mass is 19.4. The highest BCUT2D eigenvalue weighted by Crippen LogP contribution is 2.23. The van der Waals surface area contributed by atoms with E-state index in [1.54, 1.807) is 30.3 Å². The largest absolute Gasteiger partial charge is 0.481 e. The second-order valence-corrected chi connectivity index (χ2v) is 3.88. The summed E-state index contributed by atoms with van der Waals surface area (Å²) in [6, 6.07) is 6.55. The predicted molar refractivity (Wildman–Crippen MR) is 60.2 cm³/mol. The minimum Gasteiger partial charge on any atom is -0.481 e. The van der Waals surface area contributed by atoms with E-state index < -0.39 is 18.2 Å². The molecular weight excluding hydrogens is 247 g/mol. The molecule has 0 spiro atoms. The molecule has 0 radical (unpaired) electrons. The summed E-state index contributed by atoms with van der Waals surface area (Å²) in [5.74, 6) is -1.12. The molecule has 0 amide bonds. The average molecular weight is 261 g/mol. The van der Waals surface area contributed by atoms with Crippen LogP contribution in [-0.4, -0.2) is 29.8 Å². The number of carboxylic acids is 1. The van der Waals surface area contributed by atoms with Crippen molar-refractivity contribution in [3.05, 3.63) is 35.9 Å². The van der Waals surface area contributed by atoms with E-state index in [0.717, 1.165) is 0 Å². The zero-order valence-electron chi connectivity index (χ0n) is 9.57. The number of halogens is 3. The number of rotatable bonds is 6. The lowest BCUT2D eigenvalue weighted by atomic mass is 10.1. The van der Waals surface area contributed by atoms with Crippen molar-refractivity contribution < 1.29 is 23.1 Å². The molecule has 0 fully saturated rings. The summed E-state index contributed by atoms with van der Waals surface area (Å²) in [7, 11) is 0. The van der Waals surface area contributed by atoms with Crippen LogP contribution in [0.3, 0.4) is 0 Å². The molecule has 1 rings (SSSR count). The van der Waals surface area contributed by atoms with Gasteiger partial charge in [0.05, 0.1) is 6.42 Å². The first-order chi connectivity index (χ1) is 8.39. The number of carboxylic acid groups (broad SMARTS) is 1. The molecule has 0 aliphatic heterocycles. The van der Waals surface area contributed by atoms with Crippen molar-refractivity contribution in [3.63, 3.8) is 0 Å². The second kappa shape index (κ2) is 6.39. The van der Waals surface area contributed by atoms with Crippen LogP contribution in [0.15, 0.2) is 30.3 Å². The Morgan fingerprint density at radius 1 is 1.28 bits per heavy atom. The van der Waals surface area contributed by atoms with E-state index >= 15 is 0 Å². The number of nitrogens with one attached hydrogen (secondary N) is 1. The van der Waals surface area contributed by atoms with Crippen LogP contribution in [0.25, 0.3) is 0 Å². The molecule has 0 bridgehead atoms. The van der Waals surface area contributed by atoms with Crippen LogP contribution >= 0.6 is 0 Å². The predicted octanol–water partition coefficient (Wildman–Crippen LogP) is 2.22. The van der Waals surface area contributed by atoms with Gasteiger partial charge in [0.15, 0.2) is 0 Å². The molecule has 0 saturated heterocycles. The van der Waals surface area contributed by atoms with E-state index in [-0.39, 0.29) is 19.4 Å². The molecule has 1 aromatic rings. The van der Waals surface area contributed by atoms with E-state index in [0.29, 0.717) is 5.56 Å². The van der Waals surface area contributed by atoms with Gasteiger partial charge in [-0.25, -0.2) is 0 Å². The van der Waals surface area contributed by atoms with Crippen LogP contribution in [0.2, 0.25) is 0 Å². The zero-order chi connectivity index (χ0) is 13.6. The van der Waals surface area contributed by atoms with Gasteiger partial charge in [0.25, 0.3) is 0 Å². The van der Waals surface area contributed by atoms with Crippen LogP contribution in [0.1, 0.15) is 12.0 Å². The molecule has 2 N–H and O–H groups in total. The Hall–Kier alpha value is -1.56. The standard InChI is InChI=1S/C12H14F3NO2/c13-12(14,15)10(16-7-6-11(17)18)8-9-4-2-1-3-5-9/h1-5,10,16H,6-8H2,(H,17,18)/t10-/m0/s1. The highest BCUT2D eigenvalue weighted by molar-refractivity contribution is 5.66. The molecule has 0 saturated carbocycles. The Balaban J connectivity index is 2.59. The topological polar surface area (TPSA) is 49.3 Å². The first-order valence-corrected chi connectivity index (χ1v) is 5.45. The molecule has 0 aliphatic rings. The Morgan fingerprint density at radius 3 is 2.39 bits per heavy atom. The van der Waals surface area contributed by atoms with Crippen molar-refractivity contribution in [2.45, 2.75) is 25.1 Å². The maximum atomic E-state index is 12.7. The third-order valence-electron chi connectivity index (χ3n) is 2.41. The van der Waals surface area contributed by atoms with Crippen molar-refractivity contribution in [1.29, 1.82) is 0 Å². The Bertz CT molecular complexity index is 379.